The molecule has 0 radical (unpaired) electrons. The first kappa shape index (κ1) is 12.8. The van der Waals surface area contributed by atoms with Crippen LogP contribution < -0.4 is 5.32 Å². The molecule has 0 heterocycles. The van der Waals surface area contributed by atoms with Crippen LogP contribution in [0.5, 0.6) is 0 Å². The van der Waals surface area contributed by atoms with Gasteiger partial charge in [-0.3, -0.25) is 4.79 Å². The zero-order valence-corrected chi connectivity index (χ0v) is 10.4. The maximum absolute atomic E-state index is 11.7. The lowest BCUT2D eigenvalue weighted by Crippen LogP contribution is -2.30. The normalized spacial score (nSPS) is 16.7. The molecule has 18 heavy (non-hydrogen) atoms. The number of hydrogen-bond donors (Lipinski definition) is 2. The number of allylic oxidation sites excluding steroid dienone is 2. The summed E-state index contributed by atoms with van der Waals surface area (Å²) in [5.74, 6) is 0.194. The molecule has 0 aromatic heterocycles. The van der Waals surface area contributed by atoms with Crippen LogP contribution in [0.1, 0.15) is 30.9 Å². The molecule has 0 spiro atoms. The molecule has 1 atom stereocenters. The third-order valence-corrected chi connectivity index (χ3v) is 3.28. The summed E-state index contributed by atoms with van der Waals surface area (Å²) in [5, 5.41) is 12.8. The summed E-state index contributed by atoms with van der Waals surface area (Å²) in [6.07, 6.45) is 5.82. The Morgan fingerprint density at radius 2 is 1.94 bits per heavy atom. The van der Waals surface area contributed by atoms with Gasteiger partial charge in [-0.1, -0.05) is 42.5 Å². The topological polar surface area (TPSA) is 49.3 Å². The fraction of sp³-hybridized carbons (Fsp3) is 0.400. The highest BCUT2D eigenvalue weighted by atomic mass is 16.3. The average molecular weight is 245 g/mol. The van der Waals surface area contributed by atoms with E-state index in [0.717, 1.165) is 18.4 Å². The highest BCUT2D eigenvalue weighted by Crippen LogP contribution is 2.18. The van der Waals surface area contributed by atoms with Gasteiger partial charge in [0.2, 0.25) is 5.91 Å². The molecule has 1 aliphatic carbocycles. The van der Waals surface area contributed by atoms with Crippen LogP contribution in [0, 0.1) is 5.92 Å². The molecular weight excluding hydrogens is 226 g/mol. The summed E-state index contributed by atoms with van der Waals surface area (Å²) in [6, 6.07) is 9.52. The highest BCUT2D eigenvalue weighted by molar-refractivity contribution is 5.79. The molecule has 0 aliphatic heterocycles. The van der Waals surface area contributed by atoms with Crippen LogP contribution in [0.2, 0.25) is 0 Å². The lowest BCUT2D eigenvalue weighted by molar-refractivity contribution is -0.124. The van der Waals surface area contributed by atoms with Crippen molar-refractivity contribution < 1.29 is 9.90 Å². The van der Waals surface area contributed by atoms with Crippen LogP contribution in [0.3, 0.4) is 0 Å². The predicted molar refractivity (Wildman–Crippen MR) is 70.9 cm³/mol. The van der Waals surface area contributed by atoms with E-state index in [0.29, 0.717) is 13.0 Å². The monoisotopic (exact) mass is 245 g/mol. The minimum absolute atomic E-state index is 0.0962. The molecule has 96 valence electrons. The van der Waals surface area contributed by atoms with Crippen molar-refractivity contribution in [1.82, 2.24) is 5.32 Å². The second-order valence-electron chi connectivity index (χ2n) is 4.65. The van der Waals surface area contributed by atoms with Crippen molar-refractivity contribution in [1.29, 1.82) is 0 Å². The van der Waals surface area contributed by atoms with E-state index in [1.54, 1.807) is 0 Å². The van der Waals surface area contributed by atoms with Crippen molar-refractivity contribution in [3.05, 3.63) is 48.0 Å². The maximum atomic E-state index is 11.7. The second-order valence-corrected chi connectivity index (χ2v) is 4.65. The van der Waals surface area contributed by atoms with Gasteiger partial charge in [-0.2, -0.15) is 0 Å². The standard InChI is InChI=1S/C15H19NO2/c17-14(12-6-2-1-3-7-12)10-11-16-15(18)13-8-4-5-9-13/h1-7,13-14,17H,8-11H2,(H,16,18). The number of rotatable bonds is 5. The number of benzene rings is 1. The Morgan fingerprint density at radius 3 is 2.61 bits per heavy atom. The van der Waals surface area contributed by atoms with Crippen LogP contribution in [0.4, 0.5) is 0 Å². The molecular formula is C15H19NO2. The highest BCUT2D eigenvalue weighted by Gasteiger charge is 2.18. The second kappa shape index (κ2) is 6.36. The quantitative estimate of drug-likeness (QED) is 0.781. The first-order chi connectivity index (χ1) is 8.77. The molecule has 2 N–H and O–H groups in total. The van der Waals surface area contributed by atoms with Crippen molar-refractivity contribution in [3.63, 3.8) is 0 Å². The van der Waals surface area contributed by atoms with Crippen molar-refractivity contribution >= 4 is 5.91 Å². The first-order valence-electron chi connectivity index (χ1n) is 6.43. The third-order valence-electron chi connectivity index (χ3n) is 3.28. The van der Waals surface area contributed by atoms with Gasteiger partial charge in [0.15, 0.2) is 0 Å². The van der Waals surface area contributed by atoms with Gasteiger partial charge in [-0.05, 0) is 24.8 Å². The van der Waals surface area contributed by atoms with Crippen molar-refractivity contribution in [2.75, 3.05) is 6.54 Å². The van der Waals surface area contributed by atoms with E-state index < -0.39 is 6.10 Å². The molecule has 0 saturated carbocycles. The summed E-state index contributed by atoms with van der Waals surface area (Å²) in [7, 11) is 0. The summed E-state index contributed by atoms with van der Waals surface area (Å²) in [6.45, 7) is 0.519. The number of aliphatic hydroxyl groups excluding tert-OH is 1. The van der Waals surface area contributed by atoms with Gasteiger partial charge >= 0.3 is 0 Å². The molecule has 0 saturated heterocycles. The third kappa shape index (κ3) is 3.44. The van der Waals surface area contributed by atoms with E-state index in [-0.39, 0.29) is 11.8 Å². The van der Waals surface area contributed by atoms with Gasteiger partial charge < -0.3 is 10.4 Å². The van der Waals surface area contributed by atoms with Crippen molar-refractivity contribution in [2.45, 2.75) is 25.4 Å². The molecule has 1 aliphatic rings. The Balaban J connectivity index is 1.70. The number of hydrogen-bond acceptors (Lipinski definition) is 2. The van der Waals surface area contributed by atoms with Crippen LogP contribution in [-0.4, -0.2) is 17.6 Å². The van der Waals surface area contributed by atoms with Crippen molar-refractivity contribution in [3.8, 4) is 0 Å². The Labute approximate surface area is 108 Å². The molecule has 1 aromatic carbocycles. The van der Waals surface area contributed by atoms with Gasteiger partial charge in [-0.15, -0.1) is 0 Å². The van der Waals surface area contributed by atoms with Crippen LogP contribution in [-0.2, 0) is 4.79 Å². The van der Waals surface area contributed by atoms with E-state index >= 15 is 0 Å². The molecule has 0 fully saturated rings. The minimum Gasteiger partial charge on any atom is -0.388 e. The van der Waals surface area contributed by atoms with Gasteiger partial charge in [0.1, 0.15) is 0 Å². The number of amides is 1. The molecule has 1 aromatic rings. The van der Waals surface area contributed by atoms with E-state index in [1.807, 2.05) is 42.5 Å². The lowest BCUT2D eigenvalue weighted by atomic mass is 10.1. The van der Waals surface area contributed by atoms with Crippen molar-refractivity contribution in [2.24, 2.45) is 5.92 Å². The zero-order chi connectivity index (χ0) is 12.8. The average Bonchev–Trinajstić information content (AvgIpc) is 2.93. The SMILES string of the molecule is O=C(NCCC(O)c1ccccc1)C1CC=CC1. The number of aliphatic hydroxyl groups is 1. The summed E-state index contributed by atoms with van der Waals surface area (Å²) < 4.78 is 0. The maximum Gasteiger partial charge on any atom is 0.223 e. The fourth-order valence-electron chi connectivity index (χ4n) is 2.15. The van der Waals surface area contributed by atoms with Gasteiger partial charge in [0.25, 0.3) is 0 Å². The van der Waals surface area contributed by atoms with Crippen LogP contribution >= 0.6 is 0 Å². The van der Waals surface area contributed by atoms with Crippen LogP contribution in [0.25, 0.3) is 0 Å². The molecule has 1 amide bonds. The summed E-state index contributed by atoms with van der Waals surface area (Å²) in [5.41, 5.74) is 0.897. The first-order valence-corrected chi connectivity index (χ1v) is 6.43. The Morgan fingerprint density at radius 1 is 1.28 bits per heavy atom. The predicted octanol–water partition coefficient (Wildman–Crippen LogP) is 2.19. The largest absolute Gasteiger partial charge is 0.388 e. The Kier molecular flexibility index (Phi) is 4.53. The van der Waals surface area contributed by atoms with Gasteiger partial charge in [0.05, 0.1) is 6.10 Å². The zero-order valence-electron chi connectivity index (χ0n) is 10.4. The molecule has 3 nitrogen and oxygen atoms in total. The summed E-state index contributed by atoms with van der Waals surface area (Å²) in [4.78, 5) is 11.7. The van der Waals surface area contributed by atoms with E-state index in [9.17, 15) is 9.90 Å². The van der Waals surface area contributed by atoms with E-state index in [1.165, 1.54) is 0 Å². The molecule has 3 heteroatoms. The minimum atomic E-state index is -0.506. The molecule has 2 rings (SSSR count). The van der Waals surface area contributed by atoms with Crippen LogP contribution in [0.15, 0.2) is 42.5 Å². The molecule has 0 bridgehead atoms. The fourth-order valence-corrected chi connectivity index (χ4v) is 2.15. The lowest BCUT2D eigenvalue weighted by Gasteiger charge is -2.13. The van der Waals surface area contributed by atoms with Gasteiger partial charge in [0, 0.05) is 12.5 Å². The summed E-state index contributed by atoms with van der Waals surface area (Å²) >= 11 is 0. The van der Waals surface area contributed by atoms with E-state index in [2.05, 4.69) is 5.32 Å². The number of carbonyl (C=O) groups excluding carboxylic acids is 1. The van der Waals surface area contributed by atoms with Gasteiger partial charge in [-0.25, -0.2) is 0 Å². The molecule has 1 unspecified atom stereocenters. The smallest absolute Gasteiger partial charge is 0.223 e. The Bertz CT molecular complexity index is 406. The Hall–Kier alpha value is -1.61. The van der Waals surface area contributed by atoms with E-state index in [4.69, 9.17) is 0 Å². The number of nitrogens with one attached hydrogen (secondary N) is 1. The number of carbonyl (C=O) groups is 1.